The molecule has 0 spiro atoms. The number of guanidine groups is 1. The lowest BCUT2D eigenvalue weighted by Gasteiger charge is -2.31. The Labute approximate surface area is 162 Å². The smallest absolute Gasteiger partial charge is 0.191 e. The molecule has 0 bridgehead atoms. The van der Waals surface area contributed by atoms with E-state index >= 15 is 0 Å². The van der Waals surface area contributed by atoms with Crippen molar-refractivity contribution in [2.75, 3.05) is 45.9 Å². The number of fused-ring (bicyclic) bond motifs is 1. The highest BCUT2D eigenvalue weighted by atomic mass is 16.5. The lowest BCUT2D eigenvalue weighted by atomic mass is 10.0. The lowest BCUT2D eigenvalue weighted by molar-refractivity contribution is 0.0220. The molecule has 2 aromatic carbocycles. The van der Waals surface area contributed by atoms with E-state index in [-0.39, 0.29) is 0 Å². The first-order valence-electron chi connectivity index (χ1n) is 10.1. The van der Waals surface area contributed by atoms with Crippen molar-refractivity contribution in [3.63, 3.8) is 0 Å². The molecule has 1 atom stereocenters. The topological polar surface area (TPSA) is 48.9 Å². The molecule has 2 N–H and O–H groups in total. The lowest BCUT2D eigenvalue weighted by Crippen LogP contribution is -2.44. The molecule has 0 saturated carbocycles. The first kappa shape index (κ1) is 19.6. The van der Waals surface area contributed by atoms with Gasteiger partial charge in [-0.1, -0.05) is 42.5 Å². The van der Waals surface area contributed by atoms with Crippen molar-refractivity contribution in [1.29, 1.82) is 0 Å². The van der Waals surface area contributed by atoms with Crippen LogP contribution in [0.3, 0.4) is 0 Å². The number of morpholine rings is 1. The predicted molar refractivity (Wildman–Crippen MR) is 113 cm³/mol. The van der Waals surface area contributed by atoms with Crippen LogP contribution >= 0.6 is 0 Å². The van der Waals surface area contributed by atoms with Crippen molar-refractivity contribution in [2.45, 2.75) is 26.3 Å². The van der Waals surface area contributed by atoms with Gasteiger partial charge in [0.1, 0.15) is 0 Å². The van der Waals surface area contributed by atoms with Crippen LogP contribution in [-0.4, -0.2) is 62.8 Å². The van der Waals surface area contributed by atoms with E-state index in [1.165, 1.54) is 16.3 Å². The highest BCUT2D eigenvalue weighted by Crippen LogP contribution is 2.18. The van der Waals surface area contributed by atoms with Gasteiger partial charge in [-0.15, -0.1) is 0 Å². The summed E-state index contributed by atoms with van der Waals surface area (Å²) in [6, 6.07) is 15.5. The fourth-order valence-electron chi connectivity index (χ4n) is 3.52. The molecule has 27 heavy (non-hydrogen) atoms. The van der Waals surface area contributed by atoms with Crippen molar-refractivity contribution in [3.8, 4) is 0 Å². The Bertz CT molecular complexity index is 735. The molecule has 0 amide bonds. The van der Waals surface area contributed by atoms with Crippen molar-refractivity contribution in [1.82, 2.24) is 15.5 Å². The van der Waals surface area contributed by atoms with Crippen LogP contribution in [0.1, 0.15) is 19.4 Å². The summed E-state index contributed by atoms with van der Waals surface area (Å²) in [6.45, 7) is 10.5. The van der Waals surface area contributed by atoms with Crippen LogP contribution in [0.4, 0.5) is 0 Å². The van der Waals surface area contributed by atoms with Crippen LogP contribution in [0.2, 0.25) is 0 Å². The van der Waals surface area contributed by atoms with Gasteiger partial charge >= 0.3 is 0 Å². The second-order valence-electron chi connectivity index (χ2n) is 7.03. The Morgan fingerprint density at radius 1 is 1.11 bits per heavy atom. The van der Waals surface area contributed by atoms with Crippen molar-refractivity contribution < 1.29 is 4.74 Å². The molecular weight excluding hydrogens is 336 g/mol. The monoisotopic (exact) mass is 368 g/mol. The zero-order valence-corrected chi connectivity index (χ0v) is 16.6. The van der Waals surface area contributed by atoms with Gasteiger partial charge in [0.2, 0.25) is 0 Å². The highest BCUT2D eigenvalue weighted by molar-refractivity contribution is 5.85. The molecule has 1 saturated heterocycles. The van der Waals surface area contributed by atoms with Gasteiger partial charge in [-0.2, -0.15) is 0 Å². The average Bonchev–Trinajstić information content (AvgIpc) is 2.72. The van der Waals surface area contributed by atoms with Crippen molar-refractivity contribution >= 4 is 16.7 Å². The number of aliphatic imine (C=N–C) groups is 1. The maximum absolute atomic E-state index is 5.44. The van der Waals surface area contributed by atoms with Crippen molar-refractivity contribution in [2.24, 2.45) is 4.99 Å². The Morgan fingerprint density at radius 2 is 1.89 bits per heavy atom. The van der Waals surface area contributed by atoms with Gasteiger partial charge in [-0.3, -0.25) is 9.89 Å². The van der Waals surface area contributed by atoms with Gasteiger partial charge < -0.3 is 15.4 Å². The normalized spacial score (nSPS) is 17.0. The Morgan fingerprint density at radius 3 is 2.70 bits per heavy atom. The van der Waals surface area contributed by atoms with Crippen LogP contribution in [0.15, 0.2) is 47.5 Å². The zero-order valence-electron chi connectivity index (χ0n) is 16.6. The largest absolute Gasteiger partial charge is 0.379 e. The highest BCUT2D eigenvalue weighted by Gasteiger charge is 2.16. The predicted octanol–water partition coefficient (Wildman–Crippen LogP) is 2.66. The third-order valence-corrected chi connectivity index (χ3v) is 5.09. The number of nitrogens with zero attached hydrogens (tertiary/aromatic N) is 2. The van der Waals surface area contributed by atoms with Gasteiger partial charge in [0, 0.05) is 32.2 Å². The fourth-order valence-corrected chi connectivity index (χ4v) is 3.52. The van der Waals surface area contributed by atoms with E-state index in [0.717, 1.165) is 58.3 Å². The quantitative estimate of drug-likeness (QED) is 0.583. The molecular formula is C22H32N4O. The second kappa shape index (κ2) is 10.3. The first-order chi connectivity index (χ1) is 13.3. The maximum Gasteiger partial charge on any atom is 0.191 e. The number of ether oxygens (including phenoxy) is 1. The molecule has 1 fully saturated rings. The fraction of sp³-hybridized carbons (Fsp3) is 0.500. The summed E-state index contributed by atoms with van der Waals surface area (Å²) in [5.74, 6) is 0.901. The van der Waals surface area contributed by atoms with Gasteiger partial charge in [0.15, 0.2) is 5.96 Å². The summed E-state index contributed by atoms with van der Waals surface area (Å²) in [5, 5.41) is 9.49. The molecule has 0 aliphatic carbocycles. The summed E-state index contributed by atoms with van der Waals surface area (Å²) < 4.78 is 5.44. The van der Waals surface area contributed by atoms with E-state index in [1.54, 1.807) is 0 Å². The van der Waals surface area contributed by atoms with E-state index in [0.29, 0.717) is 6.04 Å². The van der Waals surface area contributed by atoms with Crippen LogP contribution < -0.4 is 10.6 Å². The summed E-state index contributed by atoms with van der Waals surface area (Å²) in [5.41, 5.74) is 1.37. The third kappa shape index (κ3) is 5.68. The Hall–Kier alpha value is -2.11. The molecule has 146 valence electrons. The summed E-state index contributed by atoms with van der Waals surface area (Å²) in [7, 11) is 0. The summed E-state index contributed by atoms with van der Waals surface area (Å²) in [4.78, 5) is 7.25. The zero-order chi connectivity index (χ0) is 18.9. The molecule has 1 heterocycles. The van der Waals surface area contributed by atoms with Gasteiger partial charge in [0.25, 0.3) is 0 Å². The number of hydrogen-bond donors (Lipinski definition) is 2. The van der Waals surface area contributed by atoms with E-state index < -0.39 is 0 Å². The van der Waals surface area contributed by atoms with E-state index in [4.69, 9.17) is 9.73 Å². The molecule has 3 rings (SSSR count). The van der Waals surface area contributed by atoms with E-state index in [9.17, 15) is 0 Å². The van der Waals surface area contributed by atoms with Gasteiger partial charge in [-0.05, 0) is 36.6 Å². The average molecular weight is 369 g/mol. The standard InChI is InChI=1S/C22H32N4O/c1-3-23-22(25-17-18(2)26-13-15-27-16-14-26)24-12-11-20-9-6-8-19-7-4-5-10-21(19)20/h4-10,18H,3,11-17H2,1-2H3,(H2,23,24,25). The van der Waals surface area contributed by atoms with Crippen LogP contribution in [0.5, 0.6) is 0 Å². The summed E-state index contributed by atoms with van der Waals surface area (Å²) in [6.07, 6.45) is 0.977. The third-order valence-electron chi connectivity index (χ3n) is 5.09. The first-order valence-corrected chi connectivity index (χ1v) is 10.1. The van der Waals surface area contributed by atoms with Crippen LogP contribution in [-0.2, 0) is 11.2 Å². The molecule has 1 aliphatic rings. The Balaban J connectivity index is 1.54. The van der Waals surface area contributed by atoms with E-state index in [2.05, 4.69) is 71.8 Å². The number of nitrogens with one attached hydrogen (secondary N) is 2. The van der Waals surface area contributed by atoms with Crippen LogP contribution in [0, 0.1) is 0 Å². The van der Waals surface area contributed by atoms with Crippen LogP contribution in [0.25, 0.3) is 10.8 Å². The molecule has 1 aliphatic heterocycles. The minimum Gasteiger partial charge on any atom is -0.379 e. The molecule has 1 unspecified atom stereocenters. The molecule has 5 heteroatoms. The minimum atomic E-state index is 0.433. The maximum atomic E-state index is 5.44. The Kier molecular flexibility index (Phi) is 7.48. The number of rotatable bonds is 7. The second-order valence-corrected chi connectivity index (χ2v) is 7.03. The summed E-state index contributed by atoms with van der Waals surface area (Å²) >= 11 is 0. The molecule has 2 aromatic rings. The molecule has 0 radical (unpaired) electrons. The van der Waals surface area contributed by atoms with Gasteiger partial charge in [-0.25, -0.2) is 0 Å². The SMILES string of the molecule is CCNC(=NCC(C)N1CCOCC1)NCCc1cccc2ccccc12. The van der Waals surface area contributed by atoms with E-state index in [1.807, 2.05) is 0 Å². The number of hydrogen-bond acceptors (Lipinski definition) is 3. The number of benzene rings is 2. The molecule has 5 nitrogen and oxygen atoms in total. The molecule has 0 aromatic heterocycles. The van der Waals surface area contributed by atoms with Crippen molar-refractivity contribution in [3.05, 3.63) is 48.0 Å². The van der Waals surface area contributed by atoms with Gasteiger partial charge in [0.05, 0.1) is 19.8 Å². The minimum absolute atomic E-state index is 0.433.